The van der Waals surface area contributed by atoms with Gasteiger partial charge >= 0.3 is 12.0 Å². The molecule has 5 nitrogen and oxygen atoms in total. The number of carboxylic acid groups (broad SMARTS) is 1. The Labute approximate surface area is 120 Å². The Kier molecular flexibility index (Phi) is 4.89. The molecule has 2 aliphatic rings. The van der Waals surface area contributed by atoms with Crippen molar-refractivity contribution >= 4 is 12.0 Å². The molecule has 0 radical (unpaired) electrons. The number of nitrogens with zero attached hydrogens (tertiary/aromatic N) is 2. The SMILES string of the molecule is CC(C)CCN(C(=O)N(CC(=O)O)CC1CC1)C1CC1. The zero-order valence-electron chi connectivity index (χ0n) is 12.5. The number of carbonyl (C=O) groups excluding carboxylic acids is 1. The summed E-state index contributed by atoms with van der Waals surface area (Å²) in [5.74, 6) is 0.156. The zero-order chi connectivity index (χ0) is 14.7. The topological polar surface area (TPSA) is 60.9 Å². The average molecular weight is 282 g/mol. The Morgan fingerprint density at radius 2 is 1.85 bits per heavy atom. The summed E-state index contributed by atoms with van der Waals surface area (Å²) in [6.45, 7) is 5.49. The van der Waals surface area contributed by atoms with Crippen LogP contribution in [0.25, 0.3) is 0 Å². The van der Waals surface area contributed by atoms with Gasteiger partial charge in [-0.2, -0.15) is 0 Å². The van der Waals surface area contributed by atoms with E-state index in [9.17, 15) is 9.59 Å². The molecule has 2 rings (SSSR count). The Morgan fingerprint density at radius 1 is 1.20 bits per heavy atom. The van der Waals surface area contributed by atoms with Crippen LogP contribution in [0, 0.1) is 11.8 Å². The van der Waals surface area contributed by atoms with Crippen LogP contribution < -0.4 is 0 Å². The van der Waals surface area contributed by atoms with Crippen molar-refractivity contribution in [3.63, 3.8) is 0 Å². The van der Waals surface area contributed by atoms with Crippen LogP contribution in [-0.4, -0.2) is 52.6 Å². The highest BCUT2D eigenvalue weighted by Gasteiger charge is 2.36. The lowest BCUT2D eigenvalue weighted by Crippen LogP contribution is -2.47. The number of carbonyl (C=O) groups is 2. The lowest BCUT2D eigenvalue weighted by molar-refractivity contribution is -0.137. The van der Waals surface area contributed by atoms with Gasteiger partial charge in [-0.15, -0.1) is 0 Å². The van der Waals surface area contributed by atoms with Gasteiger partial charge < -0.3 is 14.9 Å². The normalized spacial score (nSPS) is 18.1. The standard InChI is InChI=1S/C15H26N2O3/c1-11(2)7-8-17(13-5-6-13)15(20)16(10-14(18)19)9-12-3-4-12/h11-13H,3-10H2,1-2H3,(H,18,19). The average Bonchev–Trinajstić information content (AvgIpc) is 3.21. The number of aliphatic carboxylic acids is 1. The smallest absolute Gasteiger partial charge is 0.323 e. The second-order valence-corrected chi connectivity index (χ2v) is 6.61. The quantitative estimate of drug-likeness (QED) is 0.743. The summed E-state index contributed by atoms with van der Waals surface area (Å²) in [6, 6.07) is 0.277. The van der Waals surface area contributed by atoms with E-state index in [0.717, 1.165) is 38.6 Å². The Balaban J connectivity index is 1.95. The molecule has 0 heterocycles. The molecule has 0 aliphatic heterocycles. The molecular weight excluding hydrogens is 256 g/mol. The van der Waals surface area contributed by atoms with Crippen LogP contribution in [0.15, 0.2) is 0 Å². The molecule has 5 heteroatoms. The lowest BCUT2D eigenvalue weighted by atomic mass is 10.1. The number of amides is 2. The fourth-order valence-electron chi connectivity index (χ4n) is 2.39. The van der Waals surface area contributed by atoms with Crippen molar-refractivity contribution in [2.24, 2.45) is 11.8 Å². The summed E-state index contributed by atoms with van der Waals surface area (Å²) in [7, 11) is 0. The third-order valence-electron chi connectivity index (χ3n) is 3.95. The summed E-state index contributed by atoms with van der Waals surface area (Å²) in [4.78, 5) is 27.1. The van der Waals surface area contributed by atoms with Crippen molar-refractivity contribution in [1.82, 2.24) is 9.80 Å². The van der Waals surface area contributed by atoms with Crippen molar-refractivity contribution in [2.75, 3.05) is 19.6 Å². The van der Waals surface area contributed by atoms with Crippen molar-refractivity contribution in [3.8, 4) is 0 Å². The van der Waals surface area contributed by atoms with E-state index < -0.39 is 5.97 Å². The molecule has 0 saturated heterocycles. The Hall–Kier alpha value is -1.26. The van der Waals surface area contributed by atoms with E-state index in [1.54, 1.807) is 4.90 Å². The van der Waals surface area contributed by atoms with Crippen molar-refractivity contribution in [2.45, 2.75) is 52.0 Å². The molecule has 0 aromatic carbocycles. The molecule has 0 aromatic heterocycles. The first-order valence-corrected chi connectivity index (χ1v) is 7.74. The molecule has 114 valence electrons. The predicted octanol–water partition coefficient (Wildman–Crippen LogP) is 2.41. The van der Waals surface area contributed by atoms with E-state index in [4.69, 9.17) is 5.11 Å². The van der Waals surface area contributed by atoms with Gasteiger partial charge in [-0.1, -0.05) is 13.8 Å². The van der Waals surface area contributed by atoms with Gasteiger partial charge in [0, 0.05) is 19.1 Å². The monoisotopic (exact) mass is 282 g/mol. The van der Waals surface area contributed by atoms with E-state index in [1.807, 2.05) is 4.90 Å². The van der Waals surface area contributed by atoms with Crippen molar-refractivity contribution in [1.29, 1.82) is 0 Å². The Morgan fingerprint density at radius 3 is 2.30 bits per heavy atom. The Bertz CT molecular complexity index is 362. The molecule has 2 saturated carbocycles. The van der Waals surface area contributed by atoms with Crippen LogP contribution in [0.5, 0.6) is 0 Å². The van der Waals surface area contributed by atoms with Crippen LogP contribution in [0.4, 0.5) is 4.79 Å². The maximum Gasteiger partial charge on any atom is 0.323 e. The third-order valence-corrected chi connectivity index (χ3v) is 3.95. The molecule has 0 unspecified atom stereocenters. The van der Waals surface area contributed by atoms with Crippen LogP contribution in [-0.2, 0) is 4.79 Å². The fraction of sp³-hybridized carbons (Fsp3) is 0.867. The number of hydrogen-bond donors (Lipinski definition) is 1. The fourth-order valence-corrected chi connectivity index (χ4v) is 2.39. The predicted molar refractivity (Wildman–Crippen MR) is 76.5 cm³/mol. The molecule has 1 N–H and O–H groups in total. The summed E-state index contributed by atoms with van der Waals surface area (Å²) in [5, 5.41) is 9.01. The van der Waals surface area contributed by atoms with Gasteiger partial charge in [0.2, 0.25) is 0 Å². The first-order valence-electron chi connectivity index (χ1n) is 7.74. The maximum atomic E-state index is 12.6. The second kappa shape index (κ2) is 6.46. The molecule has 0 spiro atoms. The molecule has 0 bridgehead atoms. The van der Waals surface area contributed by atoms with Gasteiger partial charge in [0.05, 0.1) is 0 Å². The van der Waals surface area contributed by atoms with Crippen LogP contribution in [0.3, 0.4) is 0 Å². The van der Waals surface area contributed by atoms with Gasteiger partial charge in [-0.3, -0.25) is 4.79 Å². The minimum absolute atomic E-state index is 0.0672. The van der Waals surface area contributed by atoms with Crippen LogP contribution in [0.1, 0.15) is 46.0 Å². The van der Waals surface area contributed by atoms with E-state index in [2.05, 4.69) is 13.8 Å². The van der Waals surface area contributed by atoms with Gasteiger partial charge in [0.1, 0.15) is 6.54 Å². The minimum atomic E-state index is -0.918. The van der Waals surface area contributed by atoms with Crippen molar-refractivity contribution in [3.05, 3.63) is 0 Å². The highest BCUT2D eigenvalue weighted by Crippen LogP contribution is 2.32. The second-order valence-electron chi connectivity index (χ2n) is 6.61. The van der Waals surface area contributed by atoms with Crippen molar-refractivity contribution < 1.29 is 14.7 Å². The third kappa shape index (κ3) is 4.69. The molecule has 0 aromatic rings. The summed E-state index contributed by atoms with van der Waals surface area (Å²) in [6.07, 6.45) is 5.35. The number of rotatable bonds is 8. The summed E-state index contributed by atoms with van der Waals surface area (Å²) >= 11 is 0. The van der Waals surface area contributed by atoms with Crippen LogP contribution in [0.2, 0.25) is 0 Å². The number of hydrogen-bond acceptors (Lipinski definition) is 2. The number of urea groups is 1. The highest BCUT2D eigenvalue weighted by molar-refractivity contribution is 5.80. The largest absolute Gasteiger partial charge is 0.480 e. The number of carboxylic acids is 1. The first-order chi connectivity index (χ1) is 9.47. The highest BCUT2D eigenvalue weighted by atomic mass is 16.4. The summed E-state index contributed by atoms with van der Waals surface area (Å²) in [5.41, 5.74) is 0. The van der Waals surface area contributed by atoms with E-state index in [1.165, 1.54) is 0 Å². The molecule has 2 aliphatic carbocycles. The van der Waals surface area contributed by atoms with Gasteiger partial charge in [0.15, 0.2) is 0 Å². The first kappa shape index (κ1) is 15.1. The van der Waals surface area contributed by atoms with E-state index in [-0.39, 0.29) is 12.6 Å². The minimum Gasteiger partial charge on any atom is -0.480 e. The lowest BCUT2D eigenvalue weighted by Gasteiger charge is -2.30. The van der Waals surface area contributed by atoms with E-state index >= 15 is 0 Å². The molecule has 0 atom stereocenters. The molecule has 20 heavy (non-hydrogen) atoms. The van der Waals surface area contributed by atoms with Gasteiger partial charge in [-0.25, -0.2) is 4.79 Å². The molecular formula is C15H26N2O3. The molecule has 2 amide bonds. The van der Waals surface area contributed by atoms with Gasteiger partial charge in [-0.05, 0) is 43.9 Å². The van der Waals surface area contributed by atoms with Crippen LogP contribution >= 0.6 is 0 Å². The zero-order valence-corrected chi connectivity index (χ0v) is 12.5. The van der Waals surface area contributed by atoms with E-state index in [0.29, 0.717) is 24.4 Å². The maximum absolute atomic E-state index is 12.6. The summed E-state index contributed by atoms with van der Waals surface area (Å²) < 4.78 is 0. The van der Waals surface area contributed by atoms with Gasteiger partial charge in [0.25, 0.3) is 0 Å². The molecule has 2 fully saturated rings.